The van der Waals surface area contributed by atoms with E-state index in [1.165, 1.54) is 6.92 Å². The summed E-state index contributed by atoms with van der Waals surface area (Å²) in [6.07, 6.45) is 1.49. The van der Waals surface area contributed by atoms with Crippen LogP contribution in [0.3, 0.4) is 0 Å². The van der Waals surface area contributed by atoms with Gasteiger partial charge in [-0.1, -0.05) is 25.5 Å². The maximum atomic E-state index is 11.8. The molecule has 0 fully saturated rings. The van der Waals surface area contributed by atoms with Crippen molar-refractivity contribution in [1.82, 2.24) is 0 Å². The zero-order valence-corrected chi connectivity index (χ0v) is 10.9. The van der Waals surface area contributed by atoms with Crippen LogP contribution in [0, 0.1) is 0 Å². The topological polar surface area (TPSA) is 52.6 Å². The van der Waals surface area contributed by atoms with E-state index < -0.39 is 17.9 Å². The number of ether oxygens (including phenoxy) is 2. The zero-order valence-electron chi connectivity index (χ0n) is 10.9. The molecule has 0 aliphatic heterocycles. The van der Waals surface area contributed by atoms with E-state index in [1.807, 2.05) is 19.1 Å². The van der Waals surface area contributed by atoms with Crippen LogP contribution in [0.2, 0.25) is 0 Å². The third kappa shape index (κ3) is 3.87. The van der Waals surface area contributed by atoms with Crippen LogP contribution in [0.5, 0.6) is 5.75 Å². The lowest BCUT2D eigenvalue weighted by atomic mass is 9.94. The number of carbonyl (C=O) groups excluding carboxylic acids is 2. The molecule has 0 aliphatic rings. The van der Waals surface area contributed by atoms with Crippen molar-refractivity contribution in [3.63, 3.8) is 0 Å². The number of hydrogen-bond donors (Lipinski definition) is 0. The quantitative estimate of drug-likeness (QED) is 0.595. The van der Waals surface area contributed by atoms with Crippen molar-refractivity contribution in [1.29, 1.82) is 0 Å². The maximum Gasteiger partial charge on any atom is 0.321 e. The predicted molar refractivity (Wildman–Crippen MR) is 67.4 cm³/mol. The molecular formula is C14H18O4. The van der Waals surface area contributed by atoms with E-state index in [2.05, 4.69) is 4.74 Å². The molecule has 18 heavy (non-hydrogen) atoms. The molecular weight excluding hydrogens is 232 g/mol. The van der Waals surface area contributed by atoms with Gasteiger partial charge in [0.25, 0.3) is 0 Å². The highest BCUT2D eigenvalue weighted by atomic mass is 16.6. The van der Waals surface area contributed by atoms with Gasteiger partial charge in [0.2, 0.25) is 0 Å². The molecule has 0 radical (unpaired) electrons. The lowest BCUT2D eigenvalue weighted by molar-refractivity contribution is -0.159. The average Bonchev–Trinajstić information content (AvgIpc) is 2.35. The molecule has 0 N–H and O–H groups in total. The minimum absolute atomic E-state index is 0.398. The number of methoxy groups -OCH3 is 1. The Morgan fingerprint density at radius 3 is 2.28 bits per heavy atom. The predicted octanol–water partition coefficient (Wildman–Crippen LogP) is 2.67. The van der Waals surface area contributed by atoms with E-state index in [1.54, 1.807) is 19.2 Å². The largest absolute Gasteiger partial charge is 0.497 e. The normalized spacial score (nSPS) is 11.7. The summed E-state index contributed by atoms with van der Waals surface area (Å²) in [6, 6.07) is 7.22. The molecule has 0 amide bonds. The molecule has 1 aromatic carbocycles. The SMILES string of the molecule is CCCC(C(=O)OC(C)=O)c1ccc(OC)cc1. The third-order valence-electron chi connectivity index (χ3n) is 2.62. The van der Waals surface area contributed by atoms with Crippen LogP contribution in [0.25, 0.3) is 0 Å². The number of esters is 2. The Labute approximate surface area is 107 Å². The van der Waals surface area contributed by atoms with Crippen LogP contribution in [0.1, 0.15) is 38.2 Å². The van der Waals surface area contributed by atoms with Gasteiger partial charge in [-0.2, -0.15) is 0 Å². The Balaban J connectivity index is 2.88. The second kappa shape index (κ2) is 6.79. The number of hydrogen-bond acceptors (Lipinski definition) is 4. The highest BCUT2D eigenvalue weighted by molar-refractivity contribution is 5.88. The monoisotopic (exact) mass is 250 g/mol. The summed E-state index contributed by atoms with van der Waals surface area (Å²) in [5.74, 6) is -0.733. The summed E-state index contributed by atoms with van der Waals surface area (Å²) < 4.78 is 9.73. The molecule has 0 aliphatic carbocycles. The smallest absolute Gasteiger partial charge is 0.321 e. The standard InChI is InChI=1S/C14H18O4/c1-4-5-13(14(16)18-10(2)15)11-6-8-12(17-3)9-7-11/h6-9,13H,4-5H2,1-3H3. The third-order valence-corrected chi connectivity index (χ3v) is 2.62. The molecule has 1 atom stereocenters. The van der Waals surface area contributed by atoms with E-state index in [-0.39, 0.29) is 0 Å². The molecule has 98 valence electrons. The lowest BCUT2D eigenvalue weighted by Crippen LogP contribution is -2.18. The summed E-state index contributed by atoms with van der Waals surface area (Å²) in [5, 5.41) is 0. The highest BCUT2D eigenvalue weighted by Crippen LogP contribution is 2.25. The van der Waals surface area contributed by atoms with E-state index in [4.69, 9.17) is 4.74 Å². The van der Waals surface area contributed by atoms with Crippen LogP contribution in [0.15, 0.2) is 24.3 Å². The van der Waals surface area contributed by atoms with Crippen LogP contribution in [-0.2, 0) is 14.3 Å². The lowest BCUT2D eigenvalue weighted by Gasteiger charge is -2.14. The van der Waals surface area contributed by atoms with Crippen LogP contribution < -0.4 is 4.74 Å². The van der Waals surface area contributed by atoms with Gasteiger partial charge >= 0.3 is 11.9 Å². The van der Waals surface area contributed by atoms with Crippen LogP contribution in [-0.4, -0.2) is 19.0 Å². The summed E-state index contributed by atoms with van der Waals surface area (Å²) in [7, 11) is 1.59. The Morgan fingerprint density at radius 2 is 1.83 bits per heavy atom. The Bertz CT molecular complexity index is 408. The van der Waals surface area contributed by atoms with Crippen molar-refractivity contribution in [2.24, 2.45) is 0 Å². The van der Waals surface area contributed by atoms with Crippen molar-refractivity contribution in [3.05, 3.63) is 29.8 Å². The highest BCUT2D eigenvalue weighted by Gasteiger charge is 2.22. The van der Waals surface area contributed by atoms with E-state index in [0.29, 0.717) is 6.42 Å². The summed E-state index contributed by atoms with van der Waals surface area (Å²) >= 11 is 0. The summed E-state index contributed by atoms with van der Waals surface area (Å²) in [5.41, 5.74) is 0.837. The molecule has 0 bridgehead atoms. The van der Waals surface area contributed by atoms with Gasteiger partial charge in [-0.05, 0) is 24.1 Å². The van der Waals surface area contributed by atoms with Crippen molar-refractivity contribution in [2.75, 3.05) is 7.11 Å². The summed E-state index contributed by atoms with van der Waals surface area (Å²) in [6.45, 7) is 3.21. The van der Waals surface area contributed by atoms with Crippen molar-refractivity contribution in [2.45, 2.75) is 32.6 Å². The molecule has 0 saturated heterocycles. The fourth-order valence-corrected chi connectivity index (χ4v) is 1.76. The minimum Gasteiger partial charge on any atom is -0.497 e. The van der Waals surface area contributed by atoms with E-state index >= 15 is 0 Å². The van der Waals surface area contributed by atoms with Gasteiger partial charge in [0, 0.05) is 6.92 Å². The van der Waals surface area contributed by atoms with Crippen LogP contribution in [0.4, 0.5) is 0 Å². The van der Waals surface area contributed by atoms with Crippen molar-refractivity contribution in [3.8, 4) is 5.75 Å². The van der Waals surface area contributed by atoms with E-state index in [9.17, 15) is 9.59 Å². The Kier molecular flexibility index (Phi) is 5.36. The second-order valence-corrected chi connectivity index (χ2v) is 4.03. The Hall–Kier alpha value is -1.84. The van der Waals surface area contributed by atoms with Gasteiger partial charge in [0.05, 0.1) is 13.0 Å². The van der Waals surface area contributed by atoms with Gasteiger partial charge in [-0.3, -0.25) is 9.59 Å². The molecule has 0 aromatic heterocycles. The van der Waals surface area contributed by atoms with Crippen molar-refractivity contribution >= 4 is 11.9 Å². The first-order valence-electron chi connectivity index (χ1n) is 5.94. The van der Waals surface area contributed by atoms with E-state index in [0.717, 1.165) is 17.7 Å². The molecule has 4 heteroatoms. The zero-order chi connectivity index (χ0) is 13.5. The average molecular weight is 250 g/mol. The molecule has 0 heterocycles. The van der Waals surface area contributed by atoms with Gasteiger partial charge in [-0.25, -0.2) is 0 Å². The fourth-order valence-electron chi connectivity index (χ4n) is 1.76. The number of benzene rings is 1. The first-order valence-corrected chi connectivity index (χ1v) is 5.94. The number of carbonyl (C=O) groups is 2. The minimum atomic E-state index is -0.574. The van der Waals surface area contributed by atoms with Gasteiger partial charge in [-0.15, -0.1) is 0 Å². The van der Waals surface area contributed by atoms with Crippen LogP contribution >= 0.6 is 0 Å². The van der Waals surface area contributed by atoms with Gasteiger partial charge < -0.3 is 9.47 Å². The summed E-state index contributed by atoms with van der Waals surface area (Å²) in [4.78, 5) is 22.7. The molecule has 1 unspecified atom stereocenters. The molecule has 4 nitrogen and oxygen atoms in total. The fraction of sp³-hybridized carbons (Fsp3) is 0.429. The second-order valence-electron chi connectivity index (χ2n) is 4.03. The van der Waals surface area contributed by atoms with Gasteiger partial charge in [0.1, 0.15) is 5.75 Å². The molecule has 1 aromatic rings. The maximum absolute atomic E-state index is 11.8. The molecule has 0 spiro atoms. The number of rotatable bonds is 5. The van der Waals surface area contributed by atoms with Gasteiger partial charge in [0.15, 0.2) is 0 Å². The first kappa shape index (κ1) is 14.2. The first-order chi connectivity index (χ1) is 8.58. The van der Waals surface area contributed by atoms with Crippen molar-refractivity contribution < 1.29 is 19.1 Å². The molecule has 1 rings (SSSR count). The Morgan fingerprint density at radius 1 is 1.22 bits per heavy atom. The molecule has 0 saturated carbocycles.